The smallest absolute Gasteiger partial charge is 0.363 e. The van der Waals surface area contributed by atoms with Gasteiger partial charge in [0.2, 0.25) is 0 Å². The number of hydrogen-bond acceptors (Lipinski definition) is 5. The molecule has 1 aliphatic heterocycles. The SMILES string of the molecule is COc1cc(C(=O)O)ccc1OC(C)C[N+]1=C(OC(C)C)C=C(C(=O)O)C1. The molecule has 1 aliphatic rings. The summed E-state index contributed by atoms with van der Waals surface area (Å²) in [5.74, 6) is -0.822. The number of carboxylic acids is 2. The van der Waals surface area contributed by atoms with E-state index in [2.05, 4.69) is 0 Å². The molecule has 0 aromatic heterocycles. The van der Waals surface area contributed by atoms with E-state index in [1.54, 1.807) is 10.6 Å². The number of aliphatic carboxylic acids is 1. The van der Waals surface area contributed by atoms with Crippen molar-refractivity contribution in [1.29, 1.82) is 0 Å². The highest BCUT2D eigenvalue weighted by atomic mass is 16.5. The molecule has 2 rings (SSSR count). The normalized spacial score (nSPS) is 14.8. The summed E-state index contributed by atoms with van der Waals surface area (Å²) in [6.07, 6.45) is 1.10. The van der Waals surface area contributed by atoms with Gasteiger partial charge in [-0.05, 0) is 39.0 Å². The minimum Gasteiger partial charge on any atom is -0.493 e. The summed E-state index contributed by atoms with van der Waals surface area (Å²) in [5, 5.41) is 18.3. The summed E-state index contributed by atoms with van der Waals surface area (Å²) in [6.45, 7) is 6.18. The van der Waals surface area contributed by atoms with Crippen molar-refractivity contribution in [3.8, 4) is 11.5 Å². The first-order valence-electron chi connectivity index (χ1n) is 8.51. The second kappa shape index (κ2) is 8.57. The molecule has 27 heavy (non-hydrogen) atoms. The first-order valence-corrected chi connectivity index (χ1v) is 8.51. The second-order valence-electron chi connectivity index (χ2n) is 6.46. The molecule has 1 unspecified atom stereocenters. The number of rotatable bonds is 8. The Bertz CT molecular complexity index is 795. The molecule has 0 saturated carbocycles. The fourth-order valence-electron chi connectivity index (χ4n) is 2.67. The van der Waals surface area contributed by atoms with Crippen molar-refractivity contribution in [1.82, 2.24) is 0 Å². The fourth-order valence-corrected chi connectivity index (χ4v) is 2.67. The number of carbonyl (C=O) groups is 2. The highest BCUT2D eigenvalue weighted by Crippen LogP contribution is 2.29. The lowest BCUT2D eigenvalue weighted by molar-refractivity contribution is -0.530. The zero-order chi connectivity index (χ0) is 20.1. The molecular weight excluding hydrogens is 354 g/mol. The summed E-state index contributed by atoms with van der Waals surface area (Å²) in [6, 6.07) is 4.37. The van der Waals surface area contributed by atoms with Gasteiger partial charge in [0.05, 0.1) is 24.9 Å². The number of hydrogen-bond donors (Lipinski definition) is 2. The molecule has 8 nitrogen and oxygen atoms in total. The zero-order valence-corrected chi connectivity index (χ0v) is 15.8. The number of ether oxygens (including phenoxy) is 3. The van der Waals surface area contributed by atoms with E-state index in [9.17, 15) is 14.7 Å². The van der Waals surface area contributed by atoms with Crippen molar-refractivity contribution < 1.29 is 38.6 Å². The third-order valence-electron chi connectivity index (χ3n) is 3.82. The molecule has 146 valence electrons. The van der Waals surface area contributed by atoms with E-state index in [-0.39, 0.29) is 29.9 Å². The molecule has 0 aliphatic carbocycles. The molecule has 1 atom stereocenters. The van der Waals surface area contributed by atoms with Gasteiger partial charge in [-0.25, -0.2) is 9.59 Å². The topological polar surface area (TPSA) is 105 Å². The van der Waals surface area contributed by atoms with Crippen LogP contribution in [0.4, 0.5) is 0 Å². The molecule has 0 spiro atoms. The molecule has 0 amide bonds. The van der Waals surface area contributed by atoms with Crippen molar-refractivity contribution in [3.05, 3.63) is 35.4 Å². The lowest BCUT2D eigenvalue weighted by Crippen LogP contribution is -2.31. The lowest BCUT2D eigenvalue weighted by Gasteiger charge is -2.16. The number of benzene rings is 1. The minimum absolute atomic E-state index is 0.0909. The molecular formula is C19H24NO7+. The minimum atomic E-state index is -1.05. The number of carboxylic acid groups (broad SMARTS) is 2. The van der Waals surface area contributed by atoms with E-state index in [0.29, 0.717) is 23.9 Å². The standard InChI is InChI=1S/C19H23NO7/c1-11(2)26-17-8-14(19(23)24)10-20(17)9-12(3)27-15-6-5-13(18(21)22)7-16(15)25-4/h5-8,11-12H,9-10H2,1-4H3,(H-,21,22,23,24)/p+1. The van der Waals surface area contributed by atoms with Crippen molar-refractivity contribution in [2.75, 3.05) is 20.2 Å². The molecule has 2 N–H and O–H groups in total. The van der Waals surface area contributed by atoms with Gasteiger partial charge in [-0.15, -0.1) is 0 Å². The Hall–Kier alpha value is -3.03. The van der Waals surface area contributed by atoms with Crippen LogP contribution < -0.4 is 9.47 Å². The molecule has 8 heteroatoms. The average Bonchev–Trinajstić information content (AvgIpc) is 2.97. The van der Waals surface area contributed by atoms with Gasteiger partial charge in [-0.1, -0.05) is 0 Å². The first kappa shape index (κ1) is 20.3. The van der Waals surface area contributed by atoms with Crippen LogP contribution in [0.25, 0.3) is 0 Å². The summed E-state index contributed by atoms with van der Waals surface area (Å²) in [7, 11) is 1.43. The van der Waals surface area contributed by atoms with Crippen LogP contribution >= 0.6 is 0 Å². The maximum atomic E-state index is 11.3. The predicted octanol–water partition coefficient (Wildman–Crippen LogP) is 2.02. The Balaban J connectivity index is 2.13. The summed E-state index contributed by atoms with van der Waals surface area (Å²) >= 11 is 0. The van der Waals surface area contributed by atoms with Gasteiger partial charge < -0.3 is 24.4 Å². The van der Waals surface area contributed by atoms with E-state index < -0.39 is 11.9 Å². The van der Waals surface area contributed by atoms with E-state index in [1.807, 2.05) is 20.8 Å². The number of nitrogens with zero attached hydrogens (tertiary/aromatic N) is 1. The Morgan fingerprint density at radius 1 is 1.11 bits per heavy atom. The largest absolute Gasteiger partial charge is 0.493 e. The third-order valence-corrected chi connectivity index (χ3v) is 3.82. The van der Waals surface area contributed by atoms with Crippen molar-refractivity contribution >= 4 is 17.8 Å². The van der Waals surface area contributed by atoms with Crippen molar-refractivity contribution in [2.45, 2.75) is 33.0 Å². The maximum absolute atomic E-state index is 11.3. The Kier molecular flexibility index (Phi) is 6.44. The van der Waals surface area contributed by atoms with Crippen LogP contribution in [0.1, 0.15) is 31.1 Å². The van der Waals surface area contributed by atoms with Crippen LogP contribution in [0.2, 0.25) is 0 Å². The van der Waals surface area contributed by atoms with Crippen LogP contribution in [0.15, 0.2) is 29.8 Å². The monoisotopic (exact) mass is 378 g/mol. The Morgan fingerprint density at radius 3 is 2.37 bits per heavy atom. The average molecular weight is 378 g/mol. The molecule has 1 heterocycles. The highest BCUT2D eigenvalue weighted by molar-refractivity contribution is 5.97. The van der Waals surface area contributed by atoms with Gasteiger partial charge in [0.15, 0.2) is 30.7 Å². The van der Waals surface area contributed by atoms with E-state index in [1.165, 1.54) is 25.3 Å². The van der Waals surface area contributed by atoms with E-state index in [4.69, 9.17) is 19.3 Å². The third kappa shape index (κ3) is 5.22. The van der Waals surface area contributed by atoms with Crippen LogP contribution in [-0.4, -0.2) is 65.0 Å². The summed E-state index contributed by atoms with van der Waals surface area (Å²) < 4.78 is 18.6. The van der Waals surface area contributed by atoms with Crippen LogP contribution in [0, 0.1) is 0 Å². The van der Waals surface area contributed by atoms with E-state index >= 15 is 0 Å². The van der Waals surface area contributed by atoms with Gasteiger partial charge in [0, 0.05) is 0 Å². The molecule has 0 fully saturated rings. The van der Waals surface area contributed by atoms with Crippen LogP contribution in [0.3, 0.4) is 0 Å². The van der Waals surface area contributed by atoms with Crippen LogP contribution in [-0.2, 0) is 9.53 Å². The maximum Gasteiger partial charge on any atom is 0.363 e. The quantitative estimate of drug-likeness (QED) is 0.667. The van der Waals surface area contributed by atoms with Gasteiger partial charge in [0.1, 0.15) is 5.57 Å². The molecule has 0 bridgehead atoms. The Morgan fingerprint density at radius 2 is 1.81 bits per heavy atom. The predicted molar refractivity (Wildman–Crippen MR) is 97.0 cm³/mol. The highest BCUT2D eigenvalue weighted by Gasteiger charge is 2.31. The van der Waals surface area contributed by atoms with Gasteiger partial charge in [0.25, 0.3) is 0 Å². The van der Waals surface area contributed by atoms with Gasteiger partial charge in [-0.3, -0.25) is 0 Å². The number of aromatic carboxylic acids is 1. The molecule has 0 saturated heterocycles. The fraction of sp³-hybridized carbons (Fsp3) is 0.421. The van der Waals surface area contributed by atoms with Crippen molar-refractivity contribution in [3.63, 3.8) is 0 Å². The second-order valence-corrected chi connectivity index (χ2v) is 6.46. The van der Waals surface area contributed by atoms with Gasteiger partial charge >= 0.3 is 17.8 Å². The number of methoxy groups -OCH3 is 1. The summed E-state index contributed by atoms with van der Waals surface area (Å²) in [5.41, 5.74) is 0.351. The lowest BCUT2D eigenvalue weighted by atomic mass is 10.2. The van der Waals surface area contributed by atoms with Crippen LogP contribution in [0.5, 0.6) is 11.5 Å². The Labute approximate surface area is 157 Å². The van der Waals surface area contributed by atoms with E-state index in [0.717, 1.165) is 0 Å². The zero-order valence-electron chi connectivity index (χ0n) is 15.8. The summed E-state index contributed by atoms with van der Waals surface area (Å²) in [4.78, 5) is 22.3. The molecule has 1 aromatic rings. The van der Waals surface area contributed by atoms with Gasteiger partial charge in [-0.2, -0.15) is 4.58 Å². The first-order chi connectivity index (χ1) is 12.7. The molecule has 1 aromatic carbocycles. The molecule has 0 radical (unpaired) electrons. The van der Waals surface area contributed by atoms with Crippen molar-refractivity contribution in [2.24, 2.45) is 0 Å².